The summed E-state index contributed by atoms with van der Waals surface area (Å²) in [5.41, 5.74) is 8.32. The highest BCUT2D eigenvalue weighted by molar-refractivity contribution is 4.79. The summed E-state index contributed by atoms with van der Waals surface area (Å²) in [6, 6.07) is -0.0491. The number of hydrogen-bond acceptors (Lipinski definition) is 3. The molecule has 0 unspecified atom stereocenters. The molecule has 1 heterocycles. The average Bonchev–Trinajstić information content (AvgIpc) is 2.09. The van der Waals surface area contributed by atoms with Crippen LogP contribution >= 0.6 is 0 Å². The van der Waals surface area contributed by atoms with Crippen molar-refractivity contribution in [2.75, 3.05) is 0 Å². The molecule has 1 fully saturated rings. The molecule has 0 amide bonds. The molecule has 0 aromatic rings. The topological polar surface area (TPSA) is 67.2 Å². The summed E-state index contributed by atoms with van der Waals surface area (Å²) in [7, 11) is 0. The Kier molecular flexibility index (Phi) is 4.20. The van der Waals surface area contributed by atoms with Crippen LogP contribution in [0.3, 0.4) is 0 Å². The summed E-state index contributed by atoms with van der Waals surface area (Å²) in [5, 5.41) is 3.68. The fraction of sp³-hybridized carbons (Fsp3) is 1.00. The molecule has 5 heteroatoms. The maximum atomic E-state index is 8.32. The van der Waals surface area contributed by atoms with Gasteiger partial charge in [0.05, 0.1) is 18.2 Å². The summed E-state index contributed by atoms with van der Waals surface area (Å²) < 4.78 is 11.1. The minimum Gasteiger partial charge on any atom is -0.350 e. The van der Waals surface area contributed by atoms with E-state index in [1.54, 1.807) is 0 Å². The van der Waals surface area contributed by atoms with E-state index in [1.165, 1.54) is 0 Å². The Balaban J connectivity index is 2.42. The monoisotopic (exact) mass is 199 g/mol. The van der Waals surface area contributed by atoms with E-state index < -0.39 is 0 Å². The summed E-state index contributed by atoms with van der Waals surface area (Å²) >= 11 is 0. The smallest absolute Gasteiger partial charge is 0.158 e. The lowest BCUT2D eigenvalue weighted by atomic mass is 10.0. The number of hydrogen-bond donors (Lipinski definition) is 0. The van der Waals surface area contributed by atoms with Crippen LogP contribution in [0.5, 0.6) is 0 Å². The van der Waals surface area contributed by atoms with Gasteiger partial charge in [-0.3, -0.25) is 0 Å². The normalized spacial score (nSPS) is 32.7. The highest BCUT2D eigenvalue weighted by atomic mass is 16.7. The Hall–Kier alpha value is -0.770. The highest BCUT2D eigenvalue weighted by Crippen LogP contribution is 2.23. The van der Waals surface area contributed by atoms with Crippen LogP contribution in [0, 0.1) is 0 Å². The maximum Gasteiger partial charge on any atom is 0.158 e. The van der Waals surface area contributed by atoms with Crippen molar-refractivity contribution in [1.82, 2.24) is 0 Å². The molecule has 0 bridgehead atoms. The van der Waals surface area contributed by atoms with Crippen molar-refractivity contribution >= 4 is 0 Å². The van der Waals surface area contributed by atoms with Crippen LogP contribution in [0.2, 0.25) is 0 Å². The van der Waals surface area contributed by atoms with E-state index in [2.05, 4.69) is 10.0 Å². The summed E-state index contributed by atoms with van der Waals surface area (Å²) in [6.45, 7) is 5.87. The van der Waals surface area contributed by atoms with E-state index in [4.69, 9.17) is 15.0 Å². The van der Waals surface area contributed by atoms with Gasteiger partial charge in [0.25, 0.3) is 0 Å². The molecule has 3 atom stereocenters. The van der Waals surface area contributed by atoms with Gasteiger partial charge in [0.2, 0.25) is 0 Å². The predicted octanol–water partition coefficient (Wildman–Crippen LogP) is 2.62. The third-order valence-corrected chi connectivity index (χ3v) is 2.23. The van der Waals surface area contributed by atoms with E-state index in [0.29, 0.717) is 0 Å². The lowest BCUT2D eigenvalue weighted by molar-refractivity contribution is -0.208. The van der Waals surface area contributed by atoms with Crippen LogP contribution in [0.15, 0.2) is 5.11 Å². The molecule has 0 aliphatic carbocycles. The zero-order valence-corrected chi connectivity index (χ0v) is 8.88. The van der Waals surface area contributed by atoms with Gasteiger partial charge in [0, 0.05) is 4.91 Å². The number of nitrogens with zero attached hydrogens (tertiary/aromatic N) is 3. The first-order chi connectivity index (χ1) is 6.63. The third kappa shape index (κ3) is 3.18. The Morgan fingerprint density at radius 2 is 2.21 bits per heavy atom. The van der Waals surface area contributed by atoms with E-state index in [0.717, 1.165) is 12.8 Å². The van der Waals surface area contributed by atoms with Gasteiger partial charge < -0.3 is 9.47 Å². The average molecular weight is 199 g/mol. The fourth-order valence-electron chi connectivity index (χ4n) is 1.56. The minimum absolute atomic E-state index is 0.0491. The molecule has 1 aliphatic heterocycles. The third-order valence-electron chi connectivity index (χ3n) is 2.23. The van der Waals surface area contributed by atoms with Crippen molar-refractivity contribution in [2.45, 2.75) is 58.2 Å². The van der Waals surface area contributed by atoms with Crippen molar-refractivity contribution in [3.05, 3.63) is 10.4 Å². The van der Waals surface area contributed by atoms with E-state index in [9.17, 15) is 0 Å². The Morgan fingerprint density at radius 1 is 1.50 bits per heavy atom. The first-order valence-corrected chi connectivity index (χ1v) is 4.98. The first kappa shape index (κ1) is 11.3. The molecule has 14 heavy (non-hydrogen) atoms. The van der Waals surface area contributed by atoms with Crippen LogP contribution < -0.4 is 0 Å². The molecule has 1 saturated heterocycles. The molecule has 0 aromatic heterocycles. The van der Waals surface area contributed by atoms with E-state index in [-0.39, 0.29) is 24.5 Å². The molecule has 1 aliphatic rings. The highest BCUT2D eigenvalue weighted by Gasteiger charge is 2.28. The van der Waals surface area contributed by atoms with Crippen molar-refractivity contribution < 1.29 is 9.47 Å². The van der Waals surface area contributed by atoms with Gasteiger partial charge in [-0.15, -0.1) is 0 Å². The van der Waals surface area contributed by atoms with Gasteiger partial charge in [-0.05, 0) is 39.1 Å². The molecule has 80 valence electrons. The number of rotatable bonds is 3. The van der Waals surface area contributed by atoms with Crippen LogP contribution in [0.4, 0.5) is 0 Å². The van der Waals surface area contributed by atoms with Crippen LogP contribution in [0.1, 0.15) is 33.6 Å². The van der Waals surface area contributed by atoms with Crippen LogP contribution in [0.25, 0.3) is 10.4 Å². The quantitative estimate of drug-likeness (QED) is 0.398. The van der Waals surface area contributed by atoms with Gasteiger partial charge in [-0.25, -0.2) is 0 Å². The van der Waals surface area contributed by atoms with Gasteiger partial charge >= 0.3 is 0 Å². The van der Waals surface area contributed by atoms with Crippen molar-refractivity contribution in [1.29, 1.82) is 0 Å². The molecule has 0 spiro atoms. The Labute approximate surface area is 84.0 Å². The Morgan fingerprint density at radius 3 is 2.71 bits per heavy atom. The minimum atomic E-state index is -0.143. The maximum absolute atomic E-state index is 8.32. The number of azide groups is 1. The fourth-order valence-corrected chi connectivity index (χ4v) is 1.56. The summed E-state index contributed by atoms with van der Waals surface area (Å²) in [4.78, 5) is 2.80. The standard InChI is InChI=1S/C9H17N3O2/c1-6(2)13-9-5-4-8(11-12-10)7(3)14-9/h6-9H,4-5H2,1-3H3/t7-,8+,9+/m0/s1. The van der Waals surface area contributed by atoms with Gasteiger partial charge in [0.15, 0.2) is 6.29 Å². The zero-order valence-electron chi connectivity index (χ0n) is 8.88. The van der Waals surface area contributed by atoms with Crippen molar-refractivity contribution in [3.63, 3.8) is 0 Å². The summed E-state index contributed by atoms with van der Waals surface area (Å²) in [5.74, 6) is 0. The van der Waals surface area contributed by atoms with E-state index >= 15 is 0 Å². The molecular formula is C9H17N3O2. The first-order valence-electron chi connectivity index (χ1n) is 4.98. The van der Waals surface area contributed by atoms with Gasteiger partial charge in [-0.2, -0.15) is 0 Å². The van der Waals surface area contributed by atoms with Gasteiger partial charge in [0.1, 0.15) is 0 Å². The molecular weight excluding hydrogens is 182 g/mol. The second-order valence-electron chi connectivity index (χ2n) is 3.81. The zero-order chi connectivity index (χ0) is 10.6. The van der Waals surface area contributed by atoms with Crippen molar-refractivity contribution in [3.8, 4) is 0 Å². The van der Waals surface area contributed by atoms with Crippen LogP contribution in [-0.4, -0.2) is 24.5 Å². The van der Waals surface area contributed by atoms with Crippen molar-refractivity contribution in [2.24, 2.45) is 5.11 Å². The molecule has 1 rings (SSSR count). The lowest BCUT2D eigenvalue weighted by Crippen LogP contribution is -2.37. The molecule has 0 saturated carbocycles. The second-order valence-corrected chi connectivity index (χ2v) is 3.81. The van der Waals surface area contributed by atoms with Gasteiger partial charge in [-0.1, -0.05) is 5.11 Å². The number of ether oxygens (including phenoxy) is 2. The summed E-state index contributed by atoms with van der Waals surface area (Å²) in [6.07, 6.45) is 1.61. The second kappa shape index (κ2) is 5.20. The molecule has 5 nitrogen and oxygen atoms in total. The SMILES string of the molecule is CC(C)O[C@H]1CC[C@@H](N=[N+]=[N-])[C@H](C)O1. The largest absolute Gasteiger partial charge is 0.350 e. The van der Waals surface area contributed by atoms with Crippen LogP contribution in [-0.2, 0) is 9.47 Å². The predicted molar refractivity (Wildman–Crippen MR) is 52.7 cm³/mol. The molecule has 0 radical (unpaired) electrons. The lowest BCUT2D eigenvalue weighted by Gasteiger charge is -2.32. The van der Waals surface area contributed by atoms with E-state index in [1.807, 2.05) is 20.8 Å². The Bertz CT molecular complexity index is 226. The molecule has 0 aromatic carbocycles. The molecule has 0 N–H and O–H groups in total.